The van der Waals surface area contributed by atoms with Crippen LogP contribution in [0.1, 0.15) is 55.8 Å². The summed E-state index contributed by atoms with van der Waals surface area (Å²) in [6, 6.07) is 21.6. The Kier molecular flexibility index (Phi) is 6.48. The maximum atomic E-state index is 9.90. The predicted octanol–water partition coefficient (Wildman–Crippen LogP) is 5.47. The quantitative estimate of drug-likeness (QED) is 0.513. The lowest BCUT2D eigenvalue weighted by Crippen LogP contribution is -2.40. The van der Waals surface area contributed by atoms with Gasteiger partial charge in [0.15, 0.2) is 0 Å². The summed E-state index contributed by atoms with van der Waals surface area (Å²) in [6.07, 6.45) is 6.86. The molecule has 0 aromatic heterocycles. The zero-order chi connectivity index (χ0) is 18.4. The lowest BCUT2D eigenvalue weighted by molar-refractivity contribution is 0.0985. The molecule has 0 unspecified atom stereocenters. The van der Waals surface area contributed by atoms with E-state index in [0.29, 0.717) is 0 Å². The third-order valence-electron chi connectivity index (χ3n) is 5.53. The summed E-state index contributed by atoms with van der Waals surface area (Å²) in [5.74, 6) is 0.263. The number of hydrogen-bond acceptors (Lipinski definition) is 3. The molecular weight excluding hydrogens is 320 g/mol. The Morgan fingerprint density at radius 2 is 1.54 bits per heavy atom. The van der Waals surface area contributed by atoms with Crippen molar-refractivity contribution in [1.29, 1.82) is 0 Å². The monoisotopic (exact) mass is 350 g/mol. The summed E-state index contributed by atoms with van der Waals surface area (Å²) in [7, 11) is 2.20. The van der Waals surface area contributed by atoms with E-state index >= 15 is 0 Å². The number of nitrogens with zero attached hydrogens (tertiary/aromatic N) is 1. The van der Waals surface area contributed by atoms with E-state index in [-0.39, 0.29) is 18.0 Å². The van der Waals surface area contributed by atoms with Crippen LogP contribution in [0.25, 0.3) is 0 Å². The highest BCUT2D eigenvalue weighted by molar-refractivity contribution is 5.32. The minimum Gasteiger partial charge on any atom is -0.291 e. The first kappa shape index (κ1) is 18.7. The van der Waals surface area contributed by atoms with Gasteiger partial charge in [-0.3, -0.25) is 15.6 Å². The lowest BCUT2D eigenvalue weighted by atomic mass is 9.80. The fourth-order valence-electron chi connectivity index (χ4n) is 4.19. The van der Waals surface area contributed by atoms with Crippen LogP contribution < -0.4 is 5.48 Å². The Morgan fingerprint density at radius 1 is 0.923 bits per heavy atom. The number of nitrogens with one attached hydrogen (secondary N) is 1. The molecule has 138 valence electrons. The third kappa shape index (κ3) is 4.00. The van der Waals surface area contributed by atoms with Crippen LogP contribution in [-0.2, 0) is 0 Å². The second-order valence-corrected chi connectivity index (χ2v) is 7.21. The molecule has 3 atom stereocenters. The molecule has 26 heavy (non-hydrogen) atoms. The Labute approximate surface area is 157 Å². The van der Waals surface area contributed by atoms with Crippen molar-refractivity contribution < 1.29 is 5.21 Å². The minimum absolute atomic E-state index is 0.137. The maximum absolute atomic E-state index is 9.90. The van der Waals surface area contributed by atoms with Gasteiger partial charge in [-0.25, -0.2) is 0 Å². The van der Waals surface area contributed by atoms with E-state index in [4.69, 9.17) is 0 Å². The molecule has 2 N–H and O–H groups in total. The number of benzene rings is 2. The van der Waals surface area contributed by atoms with Crippen LogP contribution in [0.15, 0.2) is 72.4 Å². The number of likely N-dealkylation sites (N-methyl/N-ethyl adjacent to an activating group) is 1. The molecule has 0 spiro atoms. The highest BCUT2D eigenvalue weighted by Gasteiger charge is 2.37. The van der Waals surface area contributed by atoms with Gasteiger partial charge in [0.2, 0.25) is 0 Å². The summed E-state index contributed by atoms with van der Waals surface area (Å²) < 4.78 is 0. The molecule has 0 aliphatic carbocycles. The van der Waals surface area contributed by atoms with Gasteiger partial charge in [0, 0.05) is 17.7 Å². The molecule has 0 saturated heterocycles. The molecule has 3 nitrogen and oxygen atoms in total. The van der Waals surface area contributed by atoms with Crippen molar-refractivity contribution in [2.24, 2.45) is 5.92 Å². The van der Waals surface area contributed by atoms with Crippen molar-refractivity contribution in [3.8, 4) is 0 Å². The van der Waals surface area contributed by atoms with E-state index < -0.39 is 0 Å². The first-order valence-electron chi connectivity index (χ1n) is 9.70. The van der Waals surface area contributed by atoms with Gasteiger partial charge in [0.05, 0.1) is 6.04 Å². The van der Waals surface area contributed by atoms with Gasteiger partial charge in [-0.05, 0) is 30.7 Å². The van der Waals surface area contributed by atoms with E-state index in [9.17, 15) is 5.21 Å². The average Bonchev–Trinajstić information content (AvgIpc) is 2.70. The molecule has 1 aliphatic heterocycles. The molecule has 2 aromatic rings. The van der Waals surface area contributed by atoms with Crippen molar-refractivity contribution in [3.63, 3.8) is 0 Å². The molecule has 0 radical (unpaired) electrons. The Balaban J connectivity index is 2.00. The van der Waals surface area contributed by atoms with Gasteiger partial charge >= 0.3 is 0 Å². The van der Waals surface area contributed by atoms with Gasteiger partial charge in [-0.2, -0.15) is 0 Å². The van der Waals surface area contributed by atoms with Crippen LogP contribution in [0.4, 0.5) is 0 Å². The highest BCUT2D eigenvalue weighted by Crippen LogP contribution is 2.44. The van der Waals surface area contributed by atoms with Crippen LogP contribution in [0.3, 0.4) is 0 Å². The number of rotatable bonds is 7. The van der Waals surface area contributed by atoms with Crippen molar-refractivity contribution in [1.82, 2.24) is 10.4 Å². The molecule has 1 aliphatic rings. The van der Waals surface area contributed by atoms with Crippen LogP contribution in [0, 0.1) is 5.92 Å². The Bertz CT molecular complexity index is 699. The SMILES string of the molecule is CCCCC[C@H]1C(NO)=C[C@@H](c2ccccc2)N(C)[C@H]1c1ccccc1. The second kappa shape index (κ2) is 9.02. The summed E-state index contributed by atoms with van der Waals surface area (Å²) in [4.78, 5) is 2.45. The molecule has 0 amide bonds. The van der Waals surface area contributed by atoms with Crippen molar-refractivity contribution >= 4 is 0 Å². The van der Waals surface area contributed by atoms with E-state index in [2.05, 4.69) is 85.0 Å². The smallest absolute Gasteiger partial charge is 0.0555 e. The van der Waals surface area contributed by atoms with E-state index in [1.54, 1.807) is 0 Å². The summed E-state index contributed by atoms with van der Waals surface area (Å²) in [5, 5.41) is 9.90. The van der Waals surface area contributed by atoms with Crippen LogP contribution >= 0.6 is 0 Å². The van der Waals surface area contributed by atoms with Crippen molar-refractivity contribution in [2.45, 2.75) is 44.7 Å². The van der Waals surface area contributed by atoms with E-state index in [1.165, 1.54) is 30.4 Å². The number of hydroxylamine groups is 1. The maximum Gasteiger partial charge on any atom is 0.0555 e. The minimum atomic E-state index is 0.137. The third-order valence-corrected chi connectivity index (χ3v) is 5.53. The van der Waals surface area contributed by atoms with Gasteiger partial charge in [0.1, 0.15) is 0 Å². The van der Waals surface area contributed by atoms with Crippen LogP contribution in [0.5, 0.6) is 0 Å². The molecule has 0 fully saturated rings. The number of hydrogen-bond donors (Lipinski definition) is 2. The molecule has 2 aromatic carbocycles. The fraction of sp³-hybridized carbons (Fsp3) is 0.391. The molecular formula is C23H30N2O. The standard InChI is InChI=1S/C23H30N2O/c1-3-4-7-16-20-21(24-26)17-22(18-12-8-5-9-13-18)25(2)23(20)19-14-10-6-11-15-19/h5-6,8-15,17,20,22-24,26H,3-4,7,16H2,1-2H3/t20-,22-,23-/m0/s1. The van der Waals surface area contributed by atoms with Crippen molar-refractivity contribution in [2.75, 3.05) is 7.05 Å². The van der Waals surface area contributed by atoms with Crippen molar-refractivity contribution in [3.05, 3.63) is 83.6 Å². The van der Waals surface area contributed by atoms with E-state index in [1.807, 2.05) is 6.07 Å². The topological polar surface area (TPSA) is 35.5 Å². The Morgan fingerprint density at radius 3 is 2.12 bits per heavy atom. The molecule has 0 bridgehead atoms. The fourth-order valence-corrected chi connectivity index (χ4v) is 4.19. The van der Waals surface area contributed by atoms with Gasteiger partial charge in [0.25, 0.3) is 0 Å². The van der Waals surface area contributed by atoms with Gasteiger partial charge in [-0.1, -0.05) is 86.8 Å². The predicted molar refractivity (Wildman–Crippen MR) is 107 cm³/mol. The largest absolute Gasteiger partial charge is 0.291 e. The van der Waals surface area contributed by atoms with Crippen LogP contribution in [-0.4, -0.2) is 17.2 Å². The first-order chi connectivity index (χ1) is 12.8. The lowest BCUT2D eigenvalue weighted by Gasteiger charge is -2.44. The summed E-state index contributed by atoms with van der Waals surface area (Å²) in [5.41, 5.74) is 6.03. The molecule has 3 heteroatoms. The zero-order valence-corrected chi connectivity index (χ0v) is 15.8. The zero-order valence-electron chi connectivity index (χ0n) is 15.8. The summed E-state index contributed by atoms with van der Waals surface area (Å²) >= 11 is 0. The second-order valence-electron chi connectivity index (χ2n) is 7.21. The Hall–Kier alpha value is -2.10. The highest BCUT2D eigenvalue weighted by atomic mass is 16.5. The molecule has 0 saturated carbocycles. The normalized spacial score (nSPS) is 23.5. The summed E-state index contributed by atoms with van der Waals surface area (Å²) in [6.45, 7) is 2.23. The van der Waals surface area contributed by atoms with Crippen LogP contribution in [0.2, 0.25) is 0 Å². The van der Waals surface area contributed by atoms with Gasteiger partial charge in [-0.15, -0.1) is 0 Å². The van der Waals surface area contributed by atoms with Gasteiger partial charge < -0.3 is 0 Å². The average molecular weight is 351 g/mol. The number of unbranched alkanes of at least 4 members (excludes halogenated alkanes) is 2. The molecule has 1 heterocycles. The molecule has 3 rings (SSSR count). The van der Waals surface area contributed by atoms with E-state index in [0.717, 1.165) is 12.1 Å². The first-order valence-corrected chi connectivity index (χ1v) is 9.70.